The molecule has 0 fully saturated rings. The fraction of sp³-hybridized carbons (Fsp3) is 0.625. The van der Waals surface area contributed by atoms with Crippen LogP contribution in [-0.2, 0) is 6.54 Å². The molecule has 5 nitrogen and oxygen atoms in total. The van der Waals surface area contributed by atoms with Gasteiger partial charge < -0.3 is 10.1 Å². The summed E-state index contributed by atoms with van der Waals surface area (Å²) in [5, 5.41) is 14.4. The molecule has 1 aromatic carbocycles. The molecule has 0 aliphatic heterocycles. The van der Waals surface area contributed by atoms with Crippen LogP contribution < -0.4 is 10.1 Å². The monoisotopic (exact) mass is 294 g/mol. The van der Waals surface area contributed by atoms with Crippen LogP contribution in [0.3, 0.4) is 0 Å². The molecule has 1 rings (SSSR count). The number of benzene rings is 1. The Balaban J connectivity index is 2.77. The van der Waals surface area contributed by atoms with E-state index in [0.29, 0.717) is 30.7 Å². The van der Waals surface area contributed by atoms with Crippen molar-refractivity contribution in [2.75, 3.05) is 13.2 Å². The number of nitro groups is 1. The highest BCUT2D eigenvalue weighted by Crippen LogP contribution is 2.28. The number of hydrogen-bond donors (Lipinski definition) is 1. The second-order valence-corrected chi connectivity index (χ2v) is 5.91. The van der Waals surface area contributed by atoms with Gasteiger partial charge in [0.2, 0.25) is 0 Å². The first-order valence-electron chi connectivity index (χ1n) is 7.54. The van der Waals surface area contributed by atoms with E-state index in [1.807, 2.05) is 0 Å². The lowest BCUT2D eigenvalue weighted by Gasteiger charge is -2.13. The van der Waals surface area contributed by atoms with Crippen molar-refractivity contribution < 1.29 is 9.66 Å². The summed E-state index contributed by atoms with van der Waals surface area (Å²) >= 11 is 0. The van der Waals surface area contributed by atoms with Gasteiger partial charge in [0, 0.05) is 12.6 Å². The van der Waals surface area contributed by atoms with Gasteiger partial charge in [-0.05, 0) is 30.0 Å². The van der Waals surface area contributed by atoms with Gasteiger partial charge in [-0.25, -0.2) is 0 Å². The van der Waals surface area contributed by atoms with E-state index in [4.69, 9.17) is 4.74 Å². The summed E-state index contributed by atoms with van der Waals surface area (Å²) in [6.07, 6.45) is 0.990. The standard InChI is InChI=1S/C16H26N2O3/c1-5-13(4)11-21-16-8-14(10-17-9-12(2)3)6-7-15(16)18(19)20/h6-8,12-13,17H,5,9-11H2,1-4H3. The Morgan fingerprint density at radius 3 is 2.62 bits per heavy atom. The molecular weight excluding hydrogens is 268 g/mol. The van der Waals surface area contributed by atoms with Crippen molar-refractivity contribution in [3.8, 4) is 5.75 Å². The van der Waals surface area contributed by atoms with Crippen molar-refractivity contribution in [1.29, 1.82) is 0 Å². The van der Waals surface area contributed by atoms with Crippen LogP contribution in [0.5, 0.6) is 5.75 Å². The maximum absolute atomic E-state index is 11.1. The number of ether oxygens (including phenoxy) is 1. The third-order valence-corrected chi connectivity index (χ3v) is 3.32. The van der Waals surface area contributed by atoms with E-state index in [1.54, 1.807) is 12.1 Å². The molecule has 0 aromatic heterocycles. The predicted molar refractivity (Wildman–Crippen MR) is 84.6 cm³/mol. The summed E-state index contributed by atoms with van der Waals surface area (Å²) in [5.74, 6) is 1.32. The summed E-state index contributed by atoms with van der Waals surface area (Å²) in [6.45, 7) is 10.5. The molecular formula is C16H26N2O3. The Hall–Kier alpha value is -1.62. The zero-order valence-electron chi connectivity index (χ0n) is 13.4. The summed E-state index contributed by atoms with van der Waals surface area (Å²) in [5.41, 5.74) is 1.03. The zero-order chi connectivity index (χ0) is 15.8. The van der Waals surface area contributed by atoms with E-state index in [-0.39, 0.29) is 5.69 Å². The van der Waals surface area contributed by atoms with Crippen LogP contribution in [0.2, 0.25) is 0 Å². The minimum atomic E-state index is -0.392. The average Bonchev–Trinajstić information content (AvgIpc) is 2.44. The fourth-order valence-electron chi connectivity index (χ4n) is 1.79. The molecule has 1 unspecified atom stereocenters. The quantitative estimate of drug-likeness (QED) is 0.556. The van der Waals surface area contributed by atoms with Gasteiger partial charge >= 0.3 is 5.69 Å². The topological polar surface area (TPSA) is 64.4 Å². The van der Waals surface area contributed by atoms with Gasteiger partial charge in [0.15, 0.2) is 5.75 Å². The van der Waals surface area contributed by atoms with Crippen LogP contribution in [0.1, 0.15) is 39.7 Å². The van der Waals surface area contributed by atoms with Crippen LogP contribution >= 0.6 is 0 Å². The number of hydrogen-bond acceptors (Lipinski definition) is 4. The lowest BCUT2D eigenvalue weighted by Crippen LogP contribution is -2.19. The number of nitrogens with one attached hydrogen (secondary N) is 1. The molecule has 0 heterocycles. The summed E-state index contributed by atoms with van der Waals surface area (Å²) in [6, 6.07) is 5.08. The molecule has 0 amide bonds. The number of nitrogens with zero attached hydrogens (tertiary/aromatic N) is 1. The SMILES string of the molecule is CCC(C)COc1cc(CNCC(C)C)ccc1[N+](=O)[O-]. The first-order chi connectivity index (χ1) is 9.93. The molecule has 0 aliphatic carbocycles. The van der Waals surface area contributed by atoms with Crippen molar-refractivity contribution in [3.05, 3.63) is 33.9 Å². The van der Waals surface area contributed by atoms with E-state index in [2.05, 4.69) is 33.0 Å². The lowest BCUT2D eigenvalue weighted by molar-refractivity contribution is -0.385. The Morgan fingerprint density at radius 2 is 2.05 bits per heavy atom. The third-order valence-electron chi connectivity index (χ3n) is 3.32. The van der Waals surface area contributed by atoms with E-state index in [9.17, 15) is 10.1 Å². The average molecular weight is 294 g/mol. The van der Waals surface area contributed by atoms with Gasteiger partial charge in [-0.15, -0.1) is 0 Å². The lowest BCUT2D eigenvalue weighted by atomic mass is 10.1. The largest absolute Gasteiger partial charge is 0.487 e. The van der Waals surface area contributed by atoms with Crippen molar-refractivity contribution in [2.45, 2.75) is 40.7 Å². The third kappa shape index (κ3) is 6.12. The predicted octanol–water partition coefficient (Wildman–Crippen LogP) is 3.77. The fourth-order valence-corrected chi connectivity index (χ4v) is 1.79. The van der Waals surface area contributed by atoms with Crippen molar-refractivity contribution >= 4 is 5.69 Å². The van der Waals surface area contributed by atoms with Crippen LogP contribution in [0, 0.1) is 22.0 Å². The molecule has 0 saturated heterocycles. The second kappa shape index (κ2) is 8.62. The molecule has 118 valence electrons. The molecule has 0 bridgehead atoms. The number of nitro benzene ring substituents is 1. The zero-order valence-corrected chi connectivity index (χ0v) is 13.4. The Morgan fingerprint density at radius 1 is 1.33 bits per heavy atom. The minimum Gasteiger partial charge on any atom is -0.487 e. The van der Waals surface area contributed by atoms with Gasteiger partial charge in [0.1, 0.15) is 0 Å². The Bertz CT molecular complexity index is 461. The van der Waals surface area contributed by atoms with E-state index in [0.717, 1.165) is 18.5 Å². The van der Waals surface area contributed by atoms with Crippen LogP contribution in [0.4, 0.5) is 5.69 Å². The second-order valence-electron chi connectivity index (χ2n) is 5.91. The van der Waals surface area contributed by atoms with Crippen LogP contribution in [0.15, 0.2) is 18.2 Å². The maximum atomic E-state index is 11.1. The van der Waals surface area contributed by atoms with Gasteiger partial charge in [-0.1, -0.05) is 40.2 Å². The van der Waals surface area contributed by atoms with E-state index >= 15 is 0 Å². The highest BCUT2D eigenvalue weighted by molar-refractivity contribution is 5.48. The smallest absolute Gasteiger partial charge is 0.310 e. The van der Waals surface area contributed by atoms with E-state index in [1.165, 1.54) is 6.07 Å². The van der Waals surface area contributed by atoms with E-state index < -0.39 is 4.92 Å². The molecule has 0 radical (unpaired) electrons. The normalized spacial score (nSPS) is 12.4. The van der Waals surface area contributed by atoms with Crippen molar-refractivity contribution in [2.24, 2.45) is 11.8 Å². The van der Waals surface area contributed by atoms with Gasteiger partial charge in [-0.3, -0.25) is 10.1 Å². The first kappa shape index (κ1) is 17.4. The molecule has 0 aliphatic rings. The van der Waals surface area contributed by atoms with Crippen LogP contribution in [0.25, 0.3) is 0 Å². The van der Waals surface area contributed by atoms with Crippen LogP contribution in [-0.4, -0.2) is 18.1 Å². The van der Waals surface area contributed by atoms with Crippen molar-refractivity contribution in [3.63, 3.8) is 0 Å². The summed E-state index contributed by atoms with van der Waals surface area (Å²) in [7, 11) is 0. The molecule has 21 heavy (non-hydrogen) atoms. The Kier molecular flexibility index (Phi) is 7.15. The Labute approximate surface area is 126 Å². The molecule has 0 saturated carbocycles. The number of rotatable bonds is 9. The first-order valence-corrected chi connectivity index (χ1v) is 7.54. The van der Waals surface area contributed by atoms with Gasteiger partial charge in [-0.2, -0.15) is 0 Å². The van der Waals surface area contributed by atoms with Crippen molar-refractivity contribution in [1.82, 2.24) is 5.32 Å². The molecule has 0 spiro atoms. The molecule has 1 atom stereocenters. The minimum absolute atomic E-state index is 0.0333. The highest BCUT2D eigenvalue weighted by atomic mass is 16.6. The van der Waals surface area contributed by atoms with Gasteiger partial charge in [0.25, 0.3) is 0 Å². The van der Waals surface area contributed by atoms with Gasteiger partial charge in [0.05, 0.1) is 11.5 Å². The highest BCUT2D eigenvalue weighted by Gasteiger charge is 2.16. The summed E-state index contributed by atoms with van der Waals surface area (Å²) < 4.78 is 5.65. The summed E-state index contributed by atoms with van der Waals surface area (Å²) in [4.78, 5) is 10.7. The molecule has 1 N–H and O–H groups in total. The maximum Gasteiger partial charge on any atom is 0.310 e. The molecule has 5 heteroatoms. The molecule has 1 aromatic rings.